The molecule has 0 aromatic carbocycles. The Labute approximate surface area is 151 Å². The molecule has 0 radical (unpaired) electrons. The molecular formula is C19H31N5O. The Bertz CT molecular complexity index is 532. The number of nitrogens with one attached hydrogen (secondary N) is 1. The molecule has 1 aromatic rings. The van der Waals surface area contributed by atoms with E-state index in [1.165, 1.54) is 32.1 Å². The first-order valence-electron chi connectivity index (χ1n) is 9.74. The summed E-state index contributed by atoms with van der Waals surface area (Å²) >= 11 is 0. The molecule has 6 heteroatoms. The van der Waals surface area contributed by atoms with Crippen molar-refractivity contribution < 1.29 is 4.79 Å². The van der Waals surface area contributed by atoms with Gasteiger partial charge in [-0.25, -0.2) is 0 Å². The largest absolute Gasteiger partial charge is 0.353 e. The van der Waals surface area contributed by atoms with Crippen LogP contribution in [0, 0.1) is 0 Å². The van der Waals surface area contributed by atoms with Crippen molar-refractivity contribution >= 4 is 11.7 Å². The number of carbonyl (C=O) groups is 1. The van der Waals surface area contributed by atoms with E-state index in [0.717, 1.165) is 38.3 Å². The van der Waals surface area contributed by atoms with Gasteiger partial charge < -0.3 is 15.1 Å². The second-order valence-electron chi connectivity index (χ2n) is 7.49. The highest BCUT2D eigenvalue weighted by Crippen LogP contribution is 2.23. The lowest BCUT2D eigenvalue weighted by molar-refractivity contribution is -0.122. The summed E-state index contributed by atoms with van der Waals surface area (Å²) < 4.78 is 0. The molecule has 138 valence electrons. The Kier molecular flexibility index (Phi) is 6.62. The van der Waals surface area contributed by atoms with Crippen LogP contribution in [-0.4, -0.2) is 59.8 Å². The number of likely N-dealkylation sites (N-methyl/N-ethyl adjacent to an activating group) is 1. The van der Waals surface area contributed by atoms with Crippen molar-refractivity contribution in [3.8, 4) is 0 Å². The Morgan fingerprint density at radius 2 is 2.12 bits per heavy atom. The molecule has 2 fully saturated rings. The van der Waals surface area contributed by atoms with Crippen molar-refractivity contribution in [1.82, 2.24) is 20.4 Å². The molecule has 2 heterocycles. The Balaban J connectivity index is 1.41. The topological polar surface area (TPSA) is 61.4 Å². The van der Waals surface area contributed by atoms with E-state index in [4.69, 9.17) is 0 Å². The molecular weight excluding hydrogens is 314 g/mol. The van der Waals surface area contributed by atoms with Crippen molar-refractivity contribution in [3.63, 3.8) is 0 Å². The van der Waals surface area contributed by atoms with Crippen LogP contribution in [0.5, 0.6) is 0 Å². The molecule has 1 aromatic heterocycles. The fourth-order valence-corrected chi connectivity index (χ4v) is 4.06. The van der Waals surface area contributed by atoms with Crippen molar-refractivity contribution in [2.24, 2.45) is 0 Å². The predicted octanol–water partition coefficient (Wildman–Crippen LogP) is 2.22. The van der Waals surface area contributed by atoms with Crippen LogP contribution in [0.4, 0.5) is 5.82 Å². The van der Waals surface area contributed by atoms with Crippen molar-refractivity contribution in [1.29, 1.82) is 0 Å². The van der Waals surface area contributed by atoms with Gasteiger partial charge in [-0.3, -0.25) is 4.79 Å². The summed E-state index contributed by atoms with van der Waals surface area (Å²) in [5.41, 5.74) is 0. The van der Waals surface area contributed by atoms with E-state index in [0.29, 0.717) is 18.5 Å². The number of hydrogen-bond donors (Lipinski definition) is 1. The molecule has 1 N–H and O–H groups in total. The third-order valence-corrected chi connectivity index (χ3v) is 5.44. The fourth-order valence-electron chi connectivity index (χ4n) is 4.06. The fraction of sp³-hybridized carbons (Fsp3) is 0.737. The molecule has 0 bridgehead atoms. The highest BCUT2D eigenvalue weighted by molar-refractivity contribution is 5.76. The number of carbonyl (C=O) groups excluding carboxylic acids is 1. The van der Waals surface area contributed by atoms with Gasteiger partial charge in [-0.15, -0.1) is 5.10 Å². The van der Waals surface area contributed by atoms with Gasteiger partial charge in [0.05, 0.1) is 0 Å². The van der Waals surface area contributed by atoms with Gasteiger partial charge in [0.1, 0.15) is 0 Å². The highest BCUT2D eigenvalue weighted by atomic mass is 16.1. The summed E-state index contributed by atoms with van der Waals surface area (Å²) in [4.78, 5) is 16.8. The number of aromatic nitrogens is 2. The number of hydrogen-bond acceptors (Lipinski definition) is 5. The summed E-state index contributed by atoms with van der Waals surface area (Å²) in [6.45, 7) is 2.82. The molecule has 1 aliphatic heterocycles. The highest BCUT2D eigenvalue weighted by Gasteiger charge is 2.27. The number of nitrogens with zero attached hydrogens (tertiary/aromatic N) is 4. The average Bonchev–Trinajstić information content (AvgIpc) is 3.10. The van der Waals surface area contributed by atoms with Gasteiger partial charge in [-0.1, -0.05) is 19.3 Å². The molecule has 2 aliphatic rings. The second kappa shape index (κ2) is 9.13. The van der Waals surface area contributed by atoms with Gasteiger partial charge in [0.25, 0.3) is 0 Å². The number of anilines is 1. The lowest BCUT2D eigenvalue weighted by Gasteiger charge is -2.29. The zero-order chi connectivity index (χ0) is 17.5. The smallest absolute Gasteiger partial charge is 0.221 e. The third-order valence-electron chi connectivity index (χ3n) is 5.44. The summed E-state index contributed by atoms with van der Waals surface area (Å²) in [7, 11) is 2.11. The molecule has 1 saturated carbocycles. The lowest BCUT2D eigenvalue weighted by Crippen LogP contribution is -2.41. The maximum Gasteiger partial charge on any atom is 0.221 e. The van der Waals surface area contributed by atoms with Gasteiger partial charge >= 0.3 is 0 Å². The van der Waals surface area contributed by atoms with Crippen LogP contribution in [0.3, 0.4) is 0 Å². The van der Waals surface area contributed by atoms with E-state index in [9.17, 15) is 4.79 Å². The normalized spacial score (nSPS) is 21.7. The van der Waals surface area contributed by atoms with E-state index in [1.807, 2.05) is 12.1 Å². The monoisotopic (exact) mass is 345 g/mol. The minimum absolute atomic E-state index is 0.205. The van der Waals surface area contributed by atoms with Crippen LogP contribution in [0.25, 0.3) is 0 Å². The first-order chi connectivity index (χ1) is 12.2. The molecule has 1 saturated heterocycles. The first-order valence-corrected chi connectivity index (χ1v) is 9.74. The summed E-state index contributed by atoms with van der Waals surface area (Å²) in [5.74, 6) is 1.17. The second-order valence-corrected chi connectivity index (χ2v) is 7.49. The zero-order valence-corrected chi connectivity index (χ0v) is 15.4. The number of amides is 1. The first kappa shape index (κ1) is 18.1. The van der Waals surface area contributed by atoms with Crippen molar-refractivity contribution in [2.75, 3.05) is 31.6 Å². The van der Waals surface area contributed by atoms with Crippen molar-refractivity contribution in [3.05, 3.63) is 18.3 Å². The maximum absolute atomic E-state index is 12.2. The predicted molar refractivity (Wildman–Crippen MR) is 99.5 cm³/mol. The van der Waals surface area contributed by atoms with E-state index in [1.54, 1.807) is 6.20 Å². The Morgan fingerprint density at radius 3 is 2.88 bits per heavy atom. The van der Waals surface area contributed by atoms with E-state index in [2.05, 4.69) is 32.4 Å². The molecule has 25 heavy (non-hydrogen) atoms. The summed E-state index contributed by atoms with van der Waals surface area (Å²) in [6.07, 6.45) is 10.8. The van der Waals surface area contributed by atoms with Crippen LogP contribution in [0.1, 0.15) is 51.4 Å². The molecule has 1 amide bonds. The molecule has 3 rings (SSSR count). The van der Waals surface area contributed by atoms with Gasteiger partial charge in [-0.2, -0.15) is 5.10 Å². The van der Waals surface area contributed by atoms with Gasteiger partial charge in [0, 0.05) is 44.3 Å². The van der Waals surface area contributed by atoms with Gasteiger partial charge in [0.2, 0.25) is 5.91 Å². The maximum atomic E-state index is 12.2. The Hall–Kier alpha value is -1.69. The minimum Gasteiger partial charge on any atom is -0.353 e. The average molecular weight is 345 g/mol. The Morgan fingerprint density at radius 1 is 1.28 bits per heavy atom. The quantitative estimate of drug-likeness (QED) is 0.821. The minimum atomic E-state index is 0.205. The summed E-state index contributed by atoms with van der Waals surface area (Å²) in [6, 6.07) is 4.84. The van der Waals surface area contributed by atoms with E-state index in [-0.39, 0.29) is 5.91 Å². The van der Waals surface area contributed by atoms with E-state index >= 15 is 0 Å². The molecule has 6 nitrogen and oxygen atoms in total. The van der Waals surface area contributed by atoms with Crippen LogP contribution in [0.2, 0.25) is 0 Å². The van der Waals surface area contributed by atoms with Crippen molar-refractivity contribution in [2.45, 2.75) is 63.5 Å². The molecule has 1 aliphatic carbocycles. The van der Waals surface area contributed by atoms with Gasteiger partial charge in [-0.05, 0) is 44.9 Å². The van der Waals surface area contributed by atoms with Crippen LogP contribution in [-0.2, 0) is 4.79 Å². The lowest BCUT2D eigenvalue weighted by atomic mass is 9.95. The third kappa shape index (κ3) is 5.39. The molecule has 0 spiro atoms. The molecule has 1 atom stereocenters. The zero-order valence-electron chi connectivity index (χ0n) is 15.4. The van der Waals surface area contributed by atoms with E-state index < -0.39 is 0 Å². The van der Waals surface area contributed by atoms with Gasteiger partial charge in [0.15, 0.2) is 5.82 Å². The number of rotatable bonds is 7. The SMILES string of the molecule is CN(CCC(=O)NC1CCCCC1)C[C@H]1CCCN1c1cccnn1. The van der Waals surface area contributed by atoms with Crippen LogP contribution >= 0.6 is 0 Å². The molecule has 0 unspecified atom stereocenters. The van der Waals surface area contributed by atoms with Crippen LogP contribution in [0.15, 0.2) is 18.3 Å². The summed E-state index contributed by atoms with van der Waals surface area (Å²) in [5, 5.41) is 11.5. The standard InChI is InChI=1S/C19H31N5O/c1-23(14-11-19(25)21-16-7-3-2-4-8-16)15-17-9-6-13-24(17)18-10-5-12-20-22-18/h5,10,12,16-17H,2-4,6-9,11,13-15H2,1H3,(H,21,25)/t17-/m1/s1. The van der Waals surface area contributed by atoms with Crippen LogP contribution < -0.4 is 10.2 Å².